The molecule has 2 atom stereocenters. The van der Waals surface area contributed by atoms with Crippen molar-refractivity contribution in [3.05, 3.63) is 23.4 Å². The van der Waals surface area contributed by atoms with E-state index in [-0.39, 0.29) is 11.7 Å². The fraction of sp³-hybridized carbons (Fsp3) is 0.760. The van der Waals surface area contributed by atoms with Gasteiger partial charge < -0.3 is 4.90 Å². The van der Waals surface area contributed by atoms with Crippen LogP contribution in [0.1, 0.15) is 97.3 Å². The largest absolute Gasteiger partial charge is 0.374 e. The molecule has 0 amide bonds. The molecule has 1 heterocycles. The molecule has 0 saturated carbocycles. The lowest BCUT2D eigenvalue weighted by atomic mass is 9.60. The molecule has 3 nitrogen and oxygen atoms in total. The molecule has 2 aliphatic carbocycles. The van der Waals surface area contributed by atoms with Gasteiger partial charge in [-0.1, -0.05) is 51.5 Å². The first-order chi connectivity index (χ1) is 13.6. The van der Waals surface area contributed by atoms with E-state index in [1.807, 2.05) is 13.0 Å². The molecule has 0 aromatic heterocycles. The van der Waals surface area contributed by atoms with Crippen LogP contribution in [0.4, 0.5) is 0 Å². The number of hydrogen-bond donors (Lipinski definition) is 0. The van der Waals surface area contributed by atoms with E-state index in [1.165, 1.54) is 51.4 Å². The predicted octanol–water partition coefficient (Wildman–Crippen LogP) is 5.99. The van der Waals surface area contributed by atoms with E-state index in [1.54, 1.807) is 6.08 Å². The number of hydrogen-bond acceptors (Lipinski definition) is 3. The third-order valence-corrected chi connectivity index (χ3v) is 7.31. The Morgan fingerprint density at radius 3 is 2.25 bits per heavy atom. The topological polar surface area (TPSA) is 37.4 Å². The number of ketones is 2. The highest BCUT2D eigenvalue weighted by Crippen LogP contribution is 2.51. The molecule has 1 saturated heterocycles. The Kier molecular flexibility index (Phi) is 7.54. The fourth-order valence-electron chi connectivity index (χ4n) is 5.80. The average molecular weight is 386 g/mol. The second-order valence-electron chi connectivity index (χ2n) is 9.21. The first-order valence-corrected chi connectivity index (χ1v) is 11.8. The van der Waals surface area contributed by atoms with Crippen molar-refractivity contribution in [3.8, 4) is 0 Å². The maximum absolute atomic E-state index is 13.7. The van der Waals surface area contributed by atoms with Gasteiger partial charge in [0.15, 0.2) is 11.6 Å². The smallest absolute Gasteiger partial charge is 0.167 e. The van der Waals surface area contributed by atoms with Crippen LogP contribution in [-0.2, 0) is 9.59 Å². The van der Waals surface area contributed by atoms with Gasteiger partial charge in [-0.2, -0.15) is 0 Å². The molecule has 3 rings (SSSR count). The summed E-state index contributed by atoms with van der Waals surface area (Å²) in [5.41, 5.74) is 1.67. The number of carbonyl (C=O) groups excluding carboxylic acids is 2. The molecular formula is C25H39NO2. The van der Waals surface area contributed by atoms with Gasteiger partial charge in [-0.3, -0.25) is 9.59 Å². The van der Waals surface area contributed by atoms with Crippen LogP contribution >= 0.6 is 0 Å². The highest BCUT2D eigenvalue weighted by molar-refractivity contribution is 6.04. The quantitative estimate of drug-likeness (QED) is 0.560. The first-order valence-electron chi connectivity index (χ1n) is 11.8. The SMILES string of the molecule is CC=CC(=O)C12CCCCCCCCCC(=C1N1CCCCC1)C(=O)CC2C. The van der Waals surface area contributed by atoms with Gasteiger partial charge in [0.1, 0.15) is 0 Å². The third kappa shape index (κ3) is 4.28. The van der Waals surface area contributed by atoms with Gasteiger partial charge in [-0.15, -0.1) is 0 Å². The Morgan fingerprint density at radius 2 is 1.57 bits per heavy atom. The number of carbonyl (C=O) groups is 2. The van der Waals surface area contributed by atoms with Crippen molar-refractivity contribution in [2.24, 2.45) is 11.3 Å². The molecule has 0 spiro atoms. The minimum atomic E-state index is -0.494. The second kappa shape index (κ2) is 9.89. The van der Waals surface area contributed by atoms with Crippen LogP contribution in [0.15, 0.2) is 23.4 Å². The van der Waals surface area contributed by atoms with Crippen molar-refractivity contribution in [1.29, 1.82) is 0 Å². The van der Waals surface area contributed by atoms with Crippen molar-refractivity contribution in [1.82, 2.24) is 4.90 Å². The number of nitrogens with zero attached hydrogens (tertiary/aromatic N) is 1. The summed E-state index contributed by atoms with van der Waals surface area (Å²) in [5, 5.41) is 0. The van der Waals surface area contributed by atoms with E-state index in [0.29, 0.717) is 12.2 Å². The maximum atomic E-state index is 13.7. The Balaban J connectivity index is 2.14. The summed E-state index contributed by atoms with van der Waals surface area (Å²) >= 11 is 0. The van der Waals surface area contributed by atoms with E-state index < -0.39 is 5.41 Å². The molecular weight excluding hydrogens is 346 g/mol. The normalized spacial score (nSPS) is 30.9. The van der Waals surface area contributed by atoms with Gasteiger partial charge >= 0.3 is 0 Å². The highest BCUT2D eigenvalue weighted by atomic mass is 16.1. The molecule has 0 radical (unpaired) electrons. The molecule has 1 fully saturated rings. The van der Waals surface area contributed by atoms with Crippen LogP contribution in [0, 0.1) is 11.3 Å². The minimum Gasteiger partial charge on any atom is -0.374 e. The average Bonchev–Trinajstić information content (AvgIpc) is 2.68. The summed E-state index contributed by atoms with van der Waals surface area (Å²) in [7, 11) is 0. The van der Waals surface area contributed by atoms with Gasteiger partial charge in [0.25, 0.3) is 0 Å². The van der Waals surface area contributed by atoms with E-state index in [9.17, 15) is 9.59 Å². The van der Waals surface area contributed by atoms with E-state index in [2.05, 4.69) is 11.8 Å². The molecule has 156 valence electrons. The molecule has 1 aliphatic heterocycles. The molecule has 3 aliphatic rings. The number of likely N-dealkylation sites (tertiary alicyclic amines) is 1. The van der Waals surface area contributed by atoms with Gasteiger partial charge in [-0.25, -0.2) is 0 Å². The van der Waals surface area contributed by atoms with Gasteiger partial charge in [0, 0.05) is 30.8 Å². The minimum absolute atomic E-state index is 0.0901. The Labute approximate surface area is 171 Å². The Morgan fingerprint density at radius 1 is 0.964 bits per heavy atom. The summed E-state index contributed by atoms with van der Waals surface area (Å²) in [6, 6.07) is 0. The second-order valence-corrected chi connectivity index (χ2v) is 9.21. The summed E-state index contributed by atoms with van der Waals surface area (Å²) in [6.45, 7) is 6.10. The number of fused-ring (bicyclic) bond motifs is 1. The van der Waals surface area contributed by atoms with Crippen molar-refractivity contribution < 1.29 is 9.59 Å². The summed E-state index contributed by atoms with van der Waals surface area (Å²) in [6.07, 6.45) is 18.0. The van der Waals surface area contributed by atoms with Crippen molar-refractivity contribution in [2.75, 3.05) is 13.1 Å². The number of piperidine rings is 1. The standard InChI is InChI=1S/C25H39NO2/c1-3-14-23(28)25-16-11-8-6-4-5-7-10-15-21(22(27)19-20(25)2)24(25)26-17-12-9-13-18-26/h3,14,20H,4-13,15-19H2,1-2H3. The van der Waals surface area contributed by atoms with Crippen molar-refractivity contribution in [3.63, 3.8) is 0 Å². The lowest BCUT2D eigenvalue weighted by Crippen LogP contribution is -2.50. The molecule has 3 heteroatoms. The lowest BCUT2D eigenvalue weighted by molar-refractivity contribution is -0.129. The van der Waals surface area contributed by atoms with Crippen molar-refractivity contribution >= 4 is 11.6 Å². The Bertz CT molecular complexity index is 626. The summed E-state index contributed by atoms with van der Waals surface area (Å²) < 4.78 is 0. The third-order valence-electron chi connectivity index (χ3n) is 7.31. The molecule has 2 unspecified atom stereocenters. The van der Waals surface area contributed by atoms with Crippen LogP contribution in [0.5, 0.6) is 0 Å². The van der Waals surface area contributed by atoms with Gasteiger partial charge in [0.05, 0.1) is 5.41 Å². The van der Waals surface area contributed by atoms with Gasteiger partial charge in [-0.05, 0) is 57.4 Å². The lowest BCUT2D eigenvalue weighted by Gasteiger charge is -2.49. The first kappa shape index (κ1) is 21.3. The van der Waals surface area contributed by atoms with Crippen LogP contribution < -0.4 is 0 Å². The molecule has 2 bridgehead atoms. The van der Waals surface area contributed by atoms with Gasteiger partial charge in [0.2, 0.25) is 0 Å². The molecule has 0 N–H and O–H groups in total. The number of rotatable bonds is 3. The van der Waals surface area contributed by atoms with E-state index in [4.69, 9.17) is 0 Å². The number of allylic oxidation sites excluding steroid dienone is 4. The zero-order chi connectivity index (χ0) is 20.0. The van der Waals surface area contributed by atoms with E-state index >= 15 is 0 Å². The van der Waals surface area contributed by atoms with Crippen LogP contribution in [-0.4, -0.2) is 29.6 Å². The predicted molar refractivity (Wildman–Crippen MR) is 115 cm³/mol. The zero-order valence-electron chi connectivity index (χ0n) is 18.1. The highest BCUT2D eigenvalue weighted by Gasteiger charge is 2.51. The summed E-state index contributed by atoms with van der Waals surface area (Å²) in [4.78, 5) is 29.3. The Hall–Kier alpha value is -1.38. The number of Topliss-reactive ketones (excluding diaryl/α,β-unsaturated/α-hetero) is 1. The molecule has 0 aromatic rings. The molecule has 0 aromatic carbocycles. The van der Waals surface area contributed by atoms with Crippen LogP contribution in [0.25, 0.3) is 0 Å². The van der Waals surface area contributed by atoms with Crippen LogP contribution in [0.2, 0.25) is 0 Å². The van der Waals surface area contributed by atoms with Crippen LogP contribution in [0.3, 0.4) is 0 Å². The maximum Gasteiger partial charge on any atom is 0.167 e. The van der Waals surface area contributed by atoms with Crippen molar-refractivity contribution in [2.45, 2.75) is 97.3 Å². The fourth-order valence-corrected chi connectivity index (χ4v) is 5.80. The molecule has 28 heavy (non-hydrogen) atoms. The monoisotopic (exact) mass is 385 g/mol. The zero-order valence-corrected chi connectivity index (χ0v) is 18.1. The van der Waals surface area contributed by atoms with E-state index in [0.717, 1.165) is 50.0 Å². The summed E-state index contributed by atoms with van der Waals surface area (Å²) in [5.74, 6) is 0.645.